The molecule has 0 fully saturated rings. The summed E-state index contributed by atoms with van der Waals surface area (Å²) in [5.74, 6) is -0.311. The van der Waals surface area contributed by atoms with Crippen LogP contribution in [0, 0.1) is 13.8 Å². The quantitative estimate of drug-likeness (QED) is 0.632. The third kappa shape index (κ3) is 3.57. The first kappa shape index (κ1) is 15.9. The van der Waals surface area contributed by atoms with E-state index in [0.717, 1.165) is 21.8 Å². The molecule has 0 amide bonds. The lowest BCUT2D eigenvalue weighted by Crippen LogP contribution is -2.16. The number of halogens is 2. The highest BCUT2D eigenvalue weighted by Crippen LogP contribution is 2.27. The number of esters is 1. The van der Waals surface area contributed by atoms with Crippen molar-refractivity contribution in [2.75, 3.05) is 5.88 Å². The molecule has 2 rings (SSSR count). The number of nitrogens with zero attached hydrogens (tertiary/aromatic N) is 2. The molecule has 0 saturated heterocycles. The second kappa shape index (κ2) is 6.50. The zero-order valence-electron chi connectivity index (χ0n) is 12.1. The Balaban J connectivity index is 2.36. The maximum Gasteiger partial charge on any atom is 0.327 e. The Morgan fingerprint density at radius 3 is 2.71 bits per heavy atom. The molecule has 6 heteroatoms. The van der Waals surface area contributed by atoms with Crippen molar-refractivity contribution in [2.24, 2.45) is 0 Å². The predicted octanol–water partition coefficient (Wildman–Crippen LogP) is 3.91. The van der Waals surface area contributed by atoms with Gasteiger partial charge < -0.3 is 4.74 Å². The van der Waals surface area contributed by atoms with Crippen LogP contribution >= 0.6 is 23.2 Å². The van der Waals surface area contributed by atoms with E-state index in [0.29, 0.717) is 5.88 Å². The molecule has 0 spiro atoms. The van der Waals surface area contributed by atoms with Crippen molar-refractivity contribution in [2.45, 2.75) is 26.8 Å². The molecule has 0 radical (unpaired) electrons. The third-order valence-electron chi connectivity index (χ3n) is 3.18. The standard InChI is InChI=1S/C15H16Cl2N2O2/c1-9-6-12(4-5-13(9)17)11(3)19-14(7-10(2)18-19)21-15(20)8-16/h4-7,11H,8H2,1-3H3. The van der Waals surface area contributed by atoms with Gasteiger partial charge in [0.05, 0.1) is 11.7 Å². The van der Waals surface area contributed by atoms with Gasteiger partial charge in [-0.15, -0.1) is 11.6 Å². The lowest BCUT2D eigenvalue weighted by molar-refractivity contribution is -0.132. The van der Waals surface area contributed by atoms with Crippen LogP contribution in [0.4, 0.5) is 0 Å². The summed E-state index contributed by atoms with van der Waals surface area (Å²) in [6, 6.07) is 7.40. The molecule has 0 bridgehead atoms. The van der Waals surface area contributed by atoms with E-state index in [1.54, 1.807) is 10.7 Å². The molecular formula is C15H16Cl2N2O2. The number of aryl methyl sites for hydroxylation is 2. The van der Waals surface area contributed by atoms with Crippen molar-refractivity contribution in [1.82, 2.24) is 9.78 Å². The molecule has 0 saturated carbocycles. The molecule has 112 valence electrons. The van der Waals surface area contributed by atoms with Crippen molar-refractivity contribution in [3.05, 3.63) is 46.1 Å². The number of alkyl halides is 1. The first-order valence-corrected chi connectivity index (χ1v) is 7.42. The smallest absolute Gasteiger partial charge is 0.327 e. The molecule has 1 heterocycles. The number of hydrogen-bond acceptors (Lipinski definition) is 3. The molecule has 2 aromatic rings. The van der Waals surface area contributed by atoms with Crippen LogP contribution in [-0.2, 0) is 4.79 Å². The van der Waals surface area contributed by atoms with Gasteiger partial charge in [0.15, 0.2) is 0 Å². The summed E-state index contributed by atoms with van der Waals surface area (Å²) < 4.78 is 6.88. The van der Waals surface area contributed by atoms with Crippen LogP contribution in [0.25, 0.3) is 0 Å². The van der Waals surface area contributed by atoms with Crippen molar-refractivity contribution >= 4 is 29.2 Å². The maximum absolute atomic E-state index is 11.4. The number of rotatable bonds is 4. The minimum Gasteiger partial charge on any atom is -0.407 e. The molecule has 1 aromatic carbocycles. The van der Waals surface area contributed by atoms with Crippen LogP contribution < -0.4 is 4.74 Å². The van der Waals surface area contributed by atoms with Crippen molar-refractivity contribution < 1.29 is 9.53 Å². The predicted molar refractivity (Wildman–Crippen MR) is 83.3 cm³/mol. The Hall–Kier alpha value is -1.52. The van der Waals surface area contributed by atoms with Gasteiger partial charge >= 0.3 is 5.97 Å². The van der Waals surface area contributed by atoms with Gasteiger partial charge in [0, 0.05) is 11.1 Å². The fourth-order valence-electron chi connectivity index (χ4n) is 2.06. The van der Waals surface area contributed by atoms with Gasteiger partial charge in [-0.3, -0.25) is 4.79 Å². The number of aromatic nitrogens is 2. The van der Waals surface area contributed by atoms with E-state index < -0.39 is 5.97 Å². The monoisotopic (exact) mass is 326 g/mol. The summed E-state index contributed by atoms with van der Waals surface area (Å²) in [5, 5.41) is 5.11. The van der Waals surface area contributed by atoms with E-state index in [4.69, 9.17) is 27.9 Å². The van der Waals surface area contributed by atoms with Crippen LogP contribution in [0.15, 0.2) is 24.3 Å². The highest BCUT2D eigenvalue weighted by molar-refractivity contribution is 6.31. The zero-order valence-corrected chi connectivity index (χ0v) is 13.6. The third-order valence-corrected chi connectivity index (χ3v) is 3.82. The van der Waals surface area contributed by atoms with E-state index in [2.05, 4.69) is 5.10 Å². The largest absolute Gasteiger partial charge is 0.407 e. The van der Waals surface area contributed by atoms with Crippen LogP contribution in [-0.4, -0.2) is 21.6 Å². The number of ether oxygens (including phenoxy) is 1. The fraction of sp³-hybridized carbons (Fsp3) is 0.333. The van der Waals surface area contributed by atoms with Crippen molar-refractivity contribution in [3.8, 4) is 5.88 Å². The van der Waals surface area contributed by atoms with Gasteiger partial charge in [0.25, 0.3) is 0 Å². The highest BCUT2D eigenvalue weighted by Gasteiger charge is 2.17. The van der Waals surface area contributed by atoms with E-state index in [9.17, 15) is 4.79 Å². The second-order valence-corrected chi connectivity index (χ2v) is 5.54. The molecule has 21 heavy (non-hydrogen) atoms. The van der Waals surface area contributed by atoms with Gasteiger partial charge in [-0.05, 0) is 38.0 Å². The highest BCUT2D eigenvalue weighted by atomic mass is 35.5. The van der Waals surface area contributed by atoms with Gasteiger partial charge in [-0.25, -0.2) is 4.68 Å². The molecule has 1 atom stereocenters. The van der Waals surface area contributed by atoms with Gasteiger partial charge in [0.1, 0.15) is 5.88 Å². The minimum atomic E-state index is -0.502. The molecule has 1 aromatic heterocycles. The Morgan fingerprint density at radius 1 is 1.38 bits per heavy atom. The molecule has 1 unspecified atom stereocenters. The summed E-state index contributed by atoms with van der Waals surface area (Å²) in [7, 11) is 0. The van der Waals surface area contributed by atoms with Crippen molar-refractivity contribution in [3.63, 3.8) is 0 Å². The molecule has 0 aliphatic rings. The Kier molecular flexibility index (Phi) is 4.91. The normalized spacial score (nSPS) is 12.2. The minimum absolute atomic E-state index is 0.0900. The zero-order chi connectivity index (χ0) is 15.6. The second-order valence-electron chi connectivity index (χ2n) is 4.86. The SMILES string of the molecule is Cc1cc(OC(=O)CCl)n(C(C)c2ccc(Cl)c(C)c2)n1. The average Bonchev–Trinajstić information content (AvgIpc) is 2.81. The number of carbonyl (C=O) groups excluding carboxylic acids is 1. The number of hydrogen-bond donors (Lipinski definition) is 0. The Bertz CT molecular complexity index is 668. The van der Waals surface area contributed by atoms with E-state index in [-0.39, 0.29) is 11.9 Å². The lowest BCUT2D eigenvalue weighted by atomic mass is 10.1. The molecule has 0 N–H and O–H groups in total. The molecule has 0 aliphatic carbocycles. The lowest BCUT2D eigenvalue weighted by Gasteiger charge is -2.16. The fourth-order valence-corrected chi connectivity index (χ4v) is 2.23. The van der Waals surface area contributed by atoms with E-state index >= 15 is 0 Å². The average molecular weight is 327 g/mol. The van der Waals surface area contributed by atoms with Crippen LogP contribution in [0.3, 0.4) is 0 Å². The van der Waals surface area contributed by atoms with Gasteiger partial charge in [-0.2, -0.15) is 5.10 Å². The molecule has 0 aliphatic heterocycles. The number of carbonyl (C=O) groups is 1. The summed E-state index contributed by atoms with van der Waals surface area (Å²) in [5.41, 5.74) is 2.79. The summed E-state index contributed by atoms with van der Waals surface area (Å²) in [6.07, 6.45) is 0. The van der Waals surface area contributed by atoms with Crippen molar-refractivity contribution in [1.29, 1.82) is 0 Å². The molecule has 4 nitrogen and oxygen atoms in total. The maximum atomic E-state index is 11.4. The van der Waals surface area contributed by atoms with E-state index in [1.165, 1.54) is 0 Å². The van der Waals surface area contributed by atoms with Crippen LogP contribution in [0.1, 0.15) is 29.8 Å². The summed E-state index contributed by atoms with van der Waals surface area (Å²) >= 11 is 11.5. The molecular weight excluding hydrogens is 311 g/mol. The topological polar surface area (TPSA) is 44.1 Å². The number of benzene rings is 1. The van der Waals surface area contributed by atoms with Gasteiger partial charge in [-0.1, -0.05) is 23.7 Å². The van der Waals surface area contributed by atoms with Crippen LogP contribution in [0.2, 0.25) is 5.02 Å². The van der Waals surface area contributed by atoms with E-state index in [1.807, 2.05) is 39.0 Å². The first-order valence-electron chi connectivity index (χ1n) is 6.51. The van der Waals surface area contributed by atoms with Gasteiger partial charge in [0.2, 0.25) is 5.88 Å². The Labute approximate surface area is 133 Å². The summed E-state index contributed by atoms with van der Waals surface area (Å²) in [4.78, 5) is 11.4. The first-order chi connectivity index (χ1) is 9.92. The Morgan fingerprint density at radius 2 is 2.10 bits per heavy atom. The summed E-state index contributed by atoms with van der Waals surface area (Å²) in [6.45, 7) is 5.77. The van der Waals surface area contributed by atoms with Crippen LogP contribution in [0.5, 0.6) is 5.88 Å².